The third-order valence-corrected chi connectivity index (χ3v) is 17.5. The molecule has 0 radical (unpaired) electrons. The summed E-state index contributed by atoms with van der Waals surface area (Å²) in [4.78, 5) is 93.9. The van der Waals surface area contributed by atoms with Gasteiger partial charge in [0.05, 0.1) is 90.3 Å². The fourth-order valence-corrected chi connectivity index (χ4v) is 11.0. The standard InChI is InChI=1S/C25H34N6O5.C20H26N6O3.C19H22N6O5.C6H14O.C5H11N3O.2C5H13NO.C5H12O2/c1-24(2,3)36-23(33)30(6)20-14-19(28-17-10-9-13-26-22(17)35-7)29-21-16(15-27-31(20)21)18(32)11-8-12-25(4,5)34;1-20(2,28)9-5-8-15(27)13-12-23-26-17(21-3)11-16(25-18(13)26)24-14-7-6-10-22-19(14)29-4;1-19(2,3)30-18(28)24(4)14-9-13(22-12-7-6-8-20-16(12)29-5)23-15-11(17(26)27)10-21-25(14)15;1-4-5-6(2,3)7;1-5(2,9)3-4-7-8-6;3*1-5(2,7)3-4-6/h9-10,13-15,34H,8,11-12H2,1-7H3,(H,28,29);6-7,10-12,21,28H,5,8-9H2,1-4H3,(H,24,25);6-10H,1-5H3,(H,22,23)(H,26,27);7H,4-5H2,1-3H3;9H,3-4H2,1-2H3;2*7H,3-4,6H2,1-2H3;6-7H,3-4H2,1-2H3. The molecule has 42 nitrogen and oxygen atoms in total. The Bertz CT molecular complexity index is 5040. The van der Waals surface area contributed by atoms with Crippen molar-refractivity contribution in [1.82, 2.24) is 58.7 Å². The Labute approximate surface area is 773 Å². The topological polar surface area (TPSA) is 598 Å². The van der Waals surface area contributed by atoms with Crippen molar-refractivity contribution in [2.45, 2.75) is 273 Å². The van der Waals surface area contributed by atoms with Crippen molar-refractivity contribution < 1.29 is 93.6 Å². The number of methoxy groups -OCH3 is 3. The predicted octanol–water partition coefficient (Wildman–Crippen LogP) is 13.7. The van der Waals surface area contributed by atoms with E-state index in [0.717, 1.165) is 12.8 Å². The summed E-state index contributed by atoms with van der Waals surface area (Å²) in [6, 6.07) is 15.5. The van der Waals surface area contributed by atoms with Gasteiger partial charge in [0.15, 0.2) is 28.5 Å². The van der Waals surface area contributed by atoms with E-state index in [1.165, 1.54) is 58.7 Å². The number of Topliss-reactive ketones (excluding diaryl/α,β-unsaturated/α-hetero) is 2. The number of carbonyl (C=O) groups is 5. The predicted molar refractivity (Wildman–Crippen MR) is 510 cm³/mol. The highest BCUT2D eigenvalue weighted by Crippen LogP contribution is 2.33. The number of aliphatic hydroxyl groups is 8. The summed E-state index contributed by atoms with van der Waals surface area (Å²) in [7, 11) is 9.36. The quantitative estimate of drug-likeness (QED) is 0.00771. The molecule has 17 N–H and O–H groups in total. The van der Waals surface area contributed by atoms with Gasteiger partial charge in [-0.2, -0.15) is 28.8 Å². The number of ether oxygens (including phenoxy) is 5. The van der Waals surface area contributed by atoms with Crippen molar-refractivity contribution in [3.63, 3.8) is 0 Å². The van der Waals surface area contributed by atoms with Gasteiger partial charge in [0.25, 0.3) is 0 Å². The number of carboxylic acids is 1. The van der Waals surface area contributed by atoms with Gasteiger partial charge in [-0.1, -0.05) is 18.5 Å². The number of aliphatic hydroxyl groups excluding tert-OH is 1. The van der Waals surface area contributed by atoms with E-state index in [0.29, 0.717) is 152 Å². The molecule has 0 atom stereocenters. The normalized spacial score (nSPS) is 11.6. The summed E-state index contributed by atoms with van der Waals surface area (Å²) >= 11 is 0. The Kier molecular flexibility index (Phi) is 46.7. The minimum absolute atomic E-state index is 0.0563. The van der Waals surface area contributed by atoms with E-state index in [1.54, 1.807) is 217 Å². The number of hydrogen-bond donors (Lipinski definition) is 15. The van der Waals surface area contributed by atoms with Gasteiger partial charge in [0.2, 0.25) is 17.6 Å². The molecular weight excluding hydrogens is 1710 g/mol. The molecule has 734 valence electrons. The lowest BCUT2D eigenvalue weighted by Gasteiger charge is -2.25. The maximum atomic E-state index is 13.0. The van der Waals surface area contributed by atoms with E-state index in [4.69, 9.17) is 71.3 Å². The van der Waals surface area contributed by atoms with Crippen LogP contribution < -0.4 is 56.7 Å². The van der Waals surface area contributed by atoms with Gasteiger partial charge < -0.3 is 102 Å². The maximum Gasteiger partial charge on any atom is 0.415 e. The molecule has 0 spiro atoms. The third kappa shape index (κ3) is 44.9. The first kappa shape index (κ1) is 116. The van der Waals surface area contributed by atoms with Crippen LogP contribution >= 0.6 is 0 Å². The zero-order chi connectivity index (χ0) is 101. The third-order valence-electron chi connectivity index (χ3n) is 17.5. The second-order valence-corrected chi connectivity index (χ2v) is 36.8. The van der Waals surface area contributed by atoms with Gasteiger partial charge in [-0.3, -0.25) is 19.4 Å². The second-order valence-electron chi connectivity index (χ2n) is 36.8. The molecule has 0 aliphatic heterocycles. The van der Waals surface area contributed by atoms with Crippen LogP contribution in [0.4, 0.5) is 61.6 Å². The van der Waals surface area contributed by atoms with Crippen LogP contribution in [0.2, 0.25) is 0 Å². The number of nitrogens with two attached hydrogens (primary N) is 2. The van der Waals surface area contributed by atoms with Crippen molar-refractivity contribution in [1.29, 1.82) is 0 Å². The molecule has 42 heteroatoms. The summed E-state index contributed by atoms with van der Waals surface area (Å²) in [6.45, 7) is 38.4. The van der Waals surface area contributed by atoms with Crippen LogP contribution in [0.25, 0.3) is 27.4 Å². The van der Waals surface area contributed by atoms with Crippen LogP contribution in [0.1, 0.15) is 254 Å². The number of ketones is 2. The molecule has 132 heavy (non-hydrogen) atoms. The number of pyridine rings is 3. The van der Waals surface area contributed by atoms with Gasteiger partial charge in [0, 0.05) is 88.8 Å². The number of anilines is 9. The van der Waals surface area contributed by atoms with Crippen LogP contribution in [0.15, 0.2) is 96.9 Å². The Morgan fingerprint density at radius 2 is 0.795 bits per heavy atom. The summed E-state index contributed by atoms with van der Waals surface area (Å²) in [6.07, 6.45) is 14.7. The van der Waals surface area contributed by atoms with E-state index >= 15 is 0 Å². The van der Waals surface area contributed by atoms with Crippen molar-refractivity contribution in [2.75, 3.05) is 99.8 Å². The maximum absolute atomic E-state index is 13.0. The number of nitrogens with one attached hydrogen (secondary N) is 4. The Balaban J connectivity index is 0.000000562. The molecule has 0 aromatic carbocycles. The van der Waals surface area contributed by atoms with Crippen molar-refractivity contribution >= 4 is 98.6 Å². The molecule has 9 rings (SSSR count). The Morgan fingerprint density at radius 1 is 0.477 bits per heavy atom. The monoisotopic (exact) mass is 1850 g/mol. The number of hydrogen-bond acceptors (Lipinski definition) is 34. The summed E-state index contributed by atoms with van der Waals surface area (Å²) in [5, 5.41) is 111. The van der Waals surface area contributed by atoms with Crippen molar-refractivity contribution in [2.24, 2.45) is 16.6 Å². The summed E-state index contributed by atoms with van der Waals surface area (Å²) in [5.74, 6) is 2.13. The smallest absolute Gasteiger partial charge is 0.415 e. The summed E-state index contributed by atoms with van der Waals surface area (Å²) < 4.78 is 31.0. The average Bonchev–Trinajstić information content (AvgIpc) is 1.61. The lowest BCUT2D eigenvalue weighted by molar-refractivity contribution is 0.0512. The first-order valence-corrected chi connectivity index (χ1v) is 43.0. The lowest BCUT2D eigenvalue weighted by Crippen LogP contribution is -2.35. The molecule has 0 unspecified atom stereocenters. The number of nitrogens with zero attached hydrogens (tertiary/aromatic N) is 17. The summed E-state index contributed by atoms with van der Waals surface area (Å²) in [5.41, 5.74) is 15.2. The first-order chi connectivity index (χ1) is 61.0. The molecule has 9 aromatic heterocycles. The highest BCUT2D eigenvalue weighted by Gasteiger charge is 2.30. The van der Waals surface area contributed by atoms with Crippen LogP contribution in [-0.2, 0) is 9.47 Å². The molecule has 0 bridgehead atoms. The number of amides is 2. The molecular formula is C90H145N23O19. The number of aromatic carboxylic acids is 1. The van der Waals surface area contributed by atoms with E-state index in [9.17, 15) is 39.3 Å². The SMILES string of the molecule is CC(C)(O)CCN.CC(C)(O)CCN.CC(C)(O)CCN=[N+]=[N-].CC(C)(O)CCO.CCCC(C)(C)O.CNc1cc(Nc2cccnc2OC)nc2c(C(=O)CCCC(C)(C)O)cnn12.COc1ncccc1Nc1cc(N(C)C(=O)OC(C)(C)C)n2ncc(C(=O)CCCC(C)(C)O)c2n1.COc1ncccc1Nc1cc(N(C)C(=O)OC(C)(C)C)n2ncc(C(=O)O)c2n1. The zero-order valence-electron chi connectivity index (χ0n) is 81.8. The highest BCUT2D eigenvalue weighted by atomic mass is 16.6. The van der Waals surface area contributed by atoms with Crippen molar-refractivity contribution in [3.8, 4) is 17.6 Å². The molecule has 0 fully saturated rings. The van der Waals surface area contributed by atoms with Crippen LogP contribution in [0, 0.1) is 0 Å². The van der Waals surface area contributed by atoms with Gasteiger partial charge in [-0.25, -0.2) is 44.3 Å². The molecule has 2 amide bonds. The van der Waals surface area contributed by atoms with E-state index < -0.39 is 68.6 Å². The lowest BCUT2D eigenvalue weighted by atomic mass is 9.99. The molecule has 0 aliphatic rings. The number of aromatic nitrogens is 12. The first-order valence-electron chi connectivity index (χ1n) is 43.0. The number of fused-ring (bicyclic) bond motifs is 3. The number of azide groups is 1. The minimum atomic E-state index is -1.19. The highest BCUT2D eigenvalue weighted by molar-refractivity contribution is 6.03. The van der Waals surface area contributed by atoms with E-state index in [2.05, 4.69) is 83.4 Å². The van der Waals surface area contributed by atoms with Gasteiger partial charge in [-0.15, -0.1) is 0 Å². The van der Waals surface area contributed by atoms with E-state index in [-0.39, 0.29) is 53.1 Å². The van der Waals surface area contributed by atoms with Gasteiger partial charge in [0.1, 0.15) is 68.7 Å². The molecule has 9 heterocycles. The van der Waals surface area contributed by atoms with Crippen LogP contribution in [0.5, 0.6) is 17.6 Å². The molecule has 0 saturated carbocycles. The average molecular weight is 1850 g/mol. The number of rotatable bonds is 34. The molecule has 0 aliphatic carbocycles. The zero-order valence-corrected chi connectivity index (χ0v) is 81.8. The largest absolute Gasteiger partial charge is 0.480 e. The Morgan fingerprint density at radius 3 is 1.06 bits per heavy atom. The minimum Gasteiger partial charge on any atom is -0.480 e. The second kappa shape index (κ2) is 53.0. The molecule has 9 aromatic rings. The van der Waals surface area contributed by atoms with Gasteiger partial charge in [-0.05, 0) is 251 Å². The fraction of sp³-hybridized carbons (Fsp3) is 0.578. The van der Waals surface area contributed by atoms with E-state index in [1.807, 2.05) is 19.9 Å². The van der Waals surface area contributed by atoms with Crippen molar-refractivity contribution in [3.05, 3.63) is 119 Å². The van der Waals surface area contributed by atoms with Gasteiger partial charge >= 0.3 is 18.2 Å². The number of carboxylic acid groups (broad SMARTS) is 1. The fourth-order valence-electron chi connectivity index (χ4n) is 11.0. The molecule has 0 saturated heterocycles. The Hall–Kier alpha value is -11.8. The number of carbonyl (C=O) groups excluding carboxylic acids is 4. The van der Waals surface area contributed by atoms with Crippen LogP contribution in [-0.4, -0.2) is 254 Å². The van der Waals surface area contributed by atoms with Crippen LogP contribution in [0.3, 0.4) is 0 Å².